The monoisotopic (exact) mass is 250 g/mol. The van der Waals surface area contributed by atoms with Crippen LogP contribution in [0, 0.1) is 6.92 Å². The molecular weight excluding hydrogens is 228 g/mol. The van der Waals surface area contributed by atoms with E-state index in [9.17, 15) is 0 Å². The Hall–Kier alpha value is -1.36. The molecule has 0 spiro atoms. The third-order valence-electron chi connectivity index (χ3n) is 3.43. The summed E-state index contributed by atoms with van der Waals surface area (Å²) in [6.45, 7) is 4.56. The van der Waals surface area contributed by atoms with Gasteiger partial charge in [-0.05, 0) is 39.5 Å². The van der Waals surface area contributed by atoms with Gasteiger partial charge in [0.15, 0.2) is 0 Å². The third-order valence-corrected chi connectivity index (χ3v) is 3.43. The highest BCUT2D eigenvalue weighted by molar-refractivity contribution is 5.48. The van der Waals surface area contributed by atoms with Gasteiger partial charge in [-0.25, -0.2) is 9.97 Å². The maximum Gasteiger partial charge on any atom is 0.221 e. The summed E-state index contributed by atoms with van der Waals surface area (Å²) < 4.78 is 5.47. The van der Waals surface area contributed by atoms with E-state index in [-0.39, 0.29) is 0 Å². The van der Waals surface area contributed by atoms with Crippen LogP contribution in [0.15, 0.2) is 6.33 Å². The largest absolute Gasteiger partial charge is 0.478 e. The van der Waals surface area contributed by atoms with Crippen molar-refractivity contribution >= 4 is 5.82 Å². The van der Waals surface area contributed by atoms with E-state index in [1.165, 1.54) is 0 Å². The van der Waals surface area contributed by atoms with Gasteiger partial charge in [-0.3, -0.25) is 0 Å². The van der Waals surface area contributed by atoms with Gasteiger partial charge < -0.3 is 15.8 Å². The summed E-state index contributed by atoms with van der Waals surface area (Å²) in [5, 5.41) is 3.48. The molecule has 1 aliphatic rings. The smallest absolute Gasteiger partial charge is 0.221 e. The number of hydrogen-bond donors (Lipinski definition) is 2. The van der Waals surface area contributed by atoms with Crippen molar-refractivity contribution < 1.29 is 4.74 Å². The lowest BCUT2D eigenvalue weighted by atomic mass is 9.92. The van der Waals surface area contributed by atoms with E-state index in [0.29, 0.717) is 24.6 Å². The van der Waals surface area contributed by atoms with Crippen LogP contribution >= 0.6 is 0 Å². The van der Waals surface area contributed by atoms with Crippen molar-refractivity contribution in [3.8, 4) is 5.88 Å². The lowest BCUT2D eigenvalue weighted by Crippen LogP contribution is -2.33. The number of anilines is 1. The molecule has 1 aromatic heterocycles. The van der Waals surface area contributed by atoms with Gasteiger partial charge in [0.1, 0.15) is 12.1 Å². The van der Waals surface area contributed by atoms with Gasteiger partial charge in [-0.2, -0.15) is 0 Å². The summed E-state index contributed by atoms with van der Waals surface area (Å²) in [5.41, 5.74) is 6.89. The minimum atomic E-state index is 0.369. The van der Waals surface area contributed by atoms with Gasteiger partial charge in [0.2, 0.25) is 5.88 Å². The molecule has 0 amide bonds. The van der Waals surface area contributed by atoms with Gasteiger partial charge in [-0.1, -0.05) is 0 Å². The Bertz CT molecular complexity index is 389. The number of ether oxygens (including phenoxy) is 1. The standard InChI is InChI=1S/C13H22N4O/c1-3-18-13-9(2)12(15-8-16-13)17-11-6-4-10(14)5-7-11/h8,10-11H,3-7,14H2,1-2H3,(H,15,16,17). The van der Waals surface area contributed by atoms with E-state index in [2.05, 4.69) is 15.3 Å². The Morgan fingerprint density at radius 3 is 2.72 bits per heavy atom. The van der Waals surface area contributed by atoms with Crippen LogP contribution in [0.2, 0.25) is 0 Å². The van der Waals surface area contributed by atoms with Crippen LogP contribution < -0.4 is 15.8 Å². The second kappa shape index (κ2) is 6.00. The number of aromatic nitrogens is 2. The first-order valence-corrected chi connectivity index (χ1v) is 6.67. The Kier molecular flexibility index (Phi) is 4.36. The fraction of sp³-hybridized carbons (Fsp3) is 0.692. The third kappa shape index (κ3) is 3.10. The van der Waals surface area contributed by atoms with Crippen LogP contribution in [-0.2, 0) is 0 Å². The summed E-state index contributed by atoms with van der Waals surface area (Å²) in [4.78, 5) is 8.44. The van der Waals surface area contributed by atoms with Crippen molar-refractivity contribution in [1.82, 2.24) is 9.97 Å². The van der Waals surface area contributed by atoms with E-state index in [1.54, 1.807) is 6.33 Å². The van der Waals surface area contributed by atoms with Crippen molar-refractivity contribution in [2.45, 2.75) is 51.6 Å². The predicted molar refractivity (Wildman–Crippen MR) is 71.8 cm³/mol. The number of nitrogens with two attached hydrogens (primary N) is 1. The molecule has 5 heteroatoms. The molecule has 3 N–H and O–H groups in total. The van der Waals surface area contributed by atoms with Crippen molar-refractivity contribution in [3.63, 3.8) is 0 Å². The van der Waals surface area contributed by atoms with Crippen LogP contribution in [0.1, 0.15) is 38.2 Å². The van der Waals surface area contributed by atoms with Gasteiger partial charge >= 0.3 is 0 Å². The van der Waals surface area contributed by atoms with Gasteiger partial charge in [0.25, 0.3) is 0 Å². The summed E-state index contributed by atoms with van der Waals surface area (Å²) in [7, 11) is 0. The molecule has 0 atom stereocenters. The first-order valence-electron chi connectivity index (χ1n) is 6.67. The summed E-state index contributed by atoms with van der Waals surface area (Å²) in [6.07, 6.45) is 5.93. The molecular formula is C13H22N4O. The maximum atomic E-state index is 5.91. The van der Waals surface area contributed by atoms with E-state index in [4.69, 9.17) is 10.5 Å². The number of nitrogens with zero attached hydrogens (tertiary/aromatic N) is 2. The van der Waals surface area contributed by atoms with Crippen molar-refractivity contribution in [2.24, 2.45) is 5.73 Å². The fourth-order valence-corrected chi connectivity index (χ4v) is 2.32. The molecule has 1 saturated carbocycles. The molecule has 18 heavy (non-hydrogen) atoms. The minimum Gasteiger partial charge on any atom is -0.478 e. The van der Waals surface area contributed by atoms with Crippen LogP contribution in [0.4, 0.5) is 5.82 Å². The van der Waals surface area contributed by atoms with Crippen LogP contribution in [0.25, 0.3) is 0 Å². The fourth-order valence-electron chi connectivity index (χ4n) is 2.32. The molecule has 0 unspecified atom stereocenters. The van der Waals surface area contributed by atoms with Crippen LogP contribution in [-0.4, -0.2) is 28.7 Å². The molecule has 1 fully saturated rings. The highest BCUT2D eigenvalue weighted by atomic mass is 16.5. The molecule has 2 rings (SSSR count). The van der Waals surface area contributed by atoms with Gasteiger partial charge in [-0.15, -0.1) is 0 Å². The van der Waals surface area contributed by atoms with Gasteiger partial charge in [0, 0.05) is 12.1 Å². The van der Waals surface area contributed by atoms with E-state index < -0.39 is 0 Å². The van der Waals surface area contributed by atoms with Crippen LogP contribution in [0.3, 0.4) is 0 Å². The summed E-state index contributed by atoms with van der Waals surface area (Å²) in [5.74, 6) is 1.55. The first kappa shape index (κ1) is 13.1. The quantitative estimate of drug-likeness (QED) is 0.853. The number of rotatable bonds is 4. The summed E-state index contributed by atoms with van der Waals surface area (Å²) >= 11 is 0. The zero-order valence-electron chi connectivity index (χ0n) is 11.1. The lowest BCUT2D eigenvalue weighted by molar-refractivity contribution is 0.323. The topological polar surface area (TPSA) is 73.1 Å². The first-order chi connectivity index (χ1) is 8.70. The van der Waals surface area contributed by atoms with Crippen molar-refractivity contribution in [1.29, 1.82) is 0 Å². The van der Waals surface area contributed by atoms with E-state index >= 15 is 0 Å². The Balaban J connectivity index is 2.02. The molecule has 0 aliphatic heterocycles. The van der Waals surface area contributed by atoms with Crippen molar-refractivity contribution in [3.05, 3.63) is 11.9 Å². The predicted octanol–water partition coefficient (Wildman–Crippen LogP) is 1.87. The molecule has 5 nitrogen and oxygen atoms in total. The summed E-state index contributed by atoms with van der Waals surface area (Å²) in [6, 6.07) is 0.835. The Labute approximate surface area is 108 Å². The van der Waals surface area contributed by atoms with Gasteiger partial charge in [0.05, 0.1) is 12.2 Å². The molecule has 100 valence electrons. The highest BCUT2D eigenvalue weighted by Crippen LogP contribution is 2.25. The van der Waals surface area contributed by atoms with Crippen LogP contribution in [0.5, 0.6) is 5.88 Å². The highest BCUT2D eigenvalue weighted by Gasteiger charge is 2.19. The second-order valence-electron chi connectivity index (χ2n) is 4.84. The SMILES string of the molecule is CCOc1ncnc(NC2CCC(N)CC2)c1C. The average Bonchev–Trinajstić information content (AvgIpc) is 2.37. The molecule has 1 aliphatic carbocycles. The Morgan fingerprint density at radius 1 is 1.33 bits per heavy atom. The molecule has 0 bridgehead atoms. The number of nitrogens with one attached hydrogen (secondary N) is 1. The molecule has 1 aromatic rings. The zero-order chi connectivity index (χ0) is 13.0. The number of hydrogen-bond acceptors (Lipinski definition) is 5. The van der Waals surface area contributed by atoms with Crippen molar-refractivity contribution in [2.75, 3.05) is 11.9 Å². The molecule has 0 radical (unpaired) electrons. The molecule has 0 saturated heterocycles. The molecule has 0 aromatic carbocycles. The lowest BCUT2D eigenvalue weighted by Gasteiger charge is -2.27. The normalized spacial score (nSPS) is 23.7. The van der Waals surface area contributed by atoms with E-state index in [1.807, 2.05) is 13.8 Å². The Morgan fingerprint density at radius 2 is 2.06 bits per heavy atom. The molecule has 1 heterocycles. The second-order valence-corrected chi connectivity index (χ2v) is 4.84. The minimum absolute atomic E-state index is 0.369. The average molecular weight is 250 g/mol. The zero-order valence-corrected chi connectivity index (χ0v) is 11.1. The maximum absolute atomic E-state index is 5.91. The van der Waals surface area contributed by atoms with E-state index in [0.717, 1.165) is 37.1 Å².